The molecule has 0 amide bonds. The van der Waals surface area contributed by atoms with Gasteiger partial charge in [-0.15, -0.1) is 0 Å². The largest absolute Gasteiger partial charge is 0.394 e. The molecule has 5 heteroatoms. The van der Waals surface area contributed by atoms with Crippen molar-refractivity contribution in [2.45, 2.75) is 12.1 Å². The highest BCUT2D eigenvalue weighted by atomic mass is 16.3. The summed E-state index contributed by atoms with van der Waals surface area (Å²) in [5, 5.41) is 23.1. The van der Waals surface area contributed by atoms with Crippen molar-refractivity contribution in [3.63, 3.8) is 0 Å². The summed E-state index contributed by atoms with van der Waals surface area (Å²) in [6.07, 6.45) is 0.252. The fourth-order valence-electron chi connectivity index (χ4n) is 2.75. The van der Waals surface area contributed by atoms with E-state index in [-0.39, 0.29) is 6.61 Å². The fourth-order valence-corrected chi connectivity index (χ4v) is 2.75. The summed E-state index contributed by atoms with van der Waals surface area (Å²) in [6.45, 7) is -0.336. The number of nitrogens with one attached hydrogen (secondary N) is 1. The summed E-state index contributed by atoms with van der Waals surface area (Å²) in [5.74, 6) is -1.18. The molecule has 0 aliphatic heterocycles. The molecule has 0 heterocycles. The SMILES string of the molecule is O=C1C=C(N[C@@H](CO)[C@@H](O)c2ccccc2)c2ccccc2C1=O. The van der Waals surface area contributed by atoms with Crippen LogP contribution in [0.5, 0.6) is 0 Å². The lowest BCUT2D eigenvalue weighted by molar-refractivity contribution is -0.111. The summed E-state index contributed by atoms with van der Waals surface area (Å²) in [7, 11) is 0. The van der Waals surface area contributed by atoms with E-state index in [4.69, 9.17) is 0 Å². The number of aliphatic hydroxyl groups excluding tert-OH is 2. The summed E-state index contributed by atoms with van der Waals surface area (Å²) in [5.41, 5.74) is 1.97. The van der Waals surface area contributed by atoms with Gasteiger partial charge in [0.05, 0.1) is 12.6 Å². The Labute approximate surface area is 139 Å². The molecule has 5 nitrogen and oxygen atoms in total. The van der Waals surface area contributed by atoms with Gasteiger partial charge in [-0.25, -0.2) is 0 Å². The molecule has 1 aliphatic carbocycles. The minimum atomic E-state index is -0.961. The van der Waals surface area contributed by atoms with Crippen molar-refractivity contribution in [1.82, 2.24) is 5.32 Å². The van der Waals surface area contributed by atoms with Gasteiger partial charge >= 0.3 is 0 Å². The zero-order valence-electron chi connectivity index (χ0n) is 12.8. The zero-order valence-corrected chi connectivity index (χ0v) is 12.8. The van der Waals surface area contributed by atoms with Crippen LogP contribution in [0, 0.1) is 0 Å². The average molecular weight is 323 g/mol. The molecule has 3 N–H and O–H groups in total. The van der Waals surface area contributed by atoms with Gasteiger partial charge in [-0.3, -0.25) is 9.59 Å². The predicted octanol–water partition coefficient (Wildman–Crippen LogP) is 1.48. The second-order valence-corrected chi connectivity index (χ2v) is 5.59. The maximum Gasteiger partial charge on any atom is 0.233 e. The van der Waals surface area contributed by atoms with E-state index < -0.39 is 23.7 Å². The lowest BCUT2D eigenvalue weighted by atomic mass is 9.92. The maximum atomic E-state index is 12.0. The molecule has 24 heavy (non-hydrogen) atoms. The number of carbonyl (C=O) groups is 2. The minimum absolute atomic E-state index is 0.318. The first-order chi connectivity index (χ1) is 11.6. The van der Waals surface area contributed by atoms with E-state index in [0.717, 1.165) is 0 Å². The normalized spacial score (nSPS) is 16.2. The van der Waals surface area contributed by atoms with Crippen molar-refractivity contribution in [1.29, 1.82) is 0 Å². The molecule has 0 aromatic heterocycles. The highest BCUT2D eigenvalue weighted by molar-refractivity contribution is 6.50. The summed E-state index contributed by atoms with van der Waals surface area (Å²) < 4.78 is 0. The molecular formula is C19H17NO4. The number of allylic oxidation sites excluding steroid dienone is 1. The molecule has 0 spiro atoms. The zero-order chi connectivity index (χ0) is 17.1. The van der Waals surface area contributed by atoms with Crippen molar-refractivity contribution < 1.29 is 19.8 Å². The van der Waals surface area contributed by atoms with Gasteiger partial charge in [0.2, 0.25) is 11.6 Å². The van der Waals surface area contributed by atoms with Gasteiger partial charge in [0.15, 0.2) is 0 Å². The average Bonchev–Trinajstić information content (AvgIpc) is 2.63. The molecule has 122 valence electrons. The van der Waals surface area contributed by atoms with Crippen molar-refractivity contribution in [3.05, 3.63) is 77.4 Å². The van der Waals surface area contributed by atoms with Crippen molar-refractivity contribution in [3.8, 4) is 0 Å². The third-order valence-corrected chi connectivity index (χ3v) is 4.02. The number of hydrogen-bond donors (Lipinski definition) is 3. The number of aliphatic hydroxyl groups is 2. The second-order valence-electron chi connectivity index (χ2n) is 5.59. The van der Waals surface area contributed by atoms with E-state index in [1.807, 2.05) is 6.07 Å². The molecule has 0 unspecified atom stereocenters. The van der Waals surface area contributed by atoms with E-state index in [0.29, 0.717) is 22.4 Å². The molecule has 1 aliphatic rings. The van der Waals surface area contributed by atoms with Crippen LogP contribution >= 0.6 is 0 Å². The van der Waals surface area contributed by atoms with Gasteiger partial charge in [0, 0.05) is 22.9 Å². The Bertz CT molecular complexity index is 798. The number of fused-ring (bicyclic) bond motifs is 1. The highest BCUT2D eigenvalue weighted by Crippen LogP contribution is 2.25. The molecule has 0 fully saturated rings. The Morgan fingerprint density at radius 2 is 1.54 bits per heavy atom. The Balaban J connectivity index is 1.90. The topological polar surface area (TPSA) is 86.6 Å². The summed E-state index contributed by atoms with van der Waals surface area (Å²) >= 11 is 0. The lowest BCUT2D eigenvalue weighted by Crippen LogP contribution is -2.38. The highest BCUT2D eigenvalue weighted by Gasteiger charge is 2.28. The van der Waals surface area contributed by atoms with Crippen LogP contribution in [0.25, 0.3) is 5.70 Å². The molecule has 0 radical (unpaired) electrons. The molecule has 0 bridgehead atoms. The predicted molar refractivity (Wildman–Crippen MR) is 89.2 cm³/mol. The standard InChI is InChI=1S/C19H17NO4/c21-11-16(18(23)12-6-2-1-3-7-12)20-15-10-17(22)19(24)14-9-5-4-8-13(14)15/h1-10,16,18,20-21,23H,11H2/t16-,18-/m0/s1. The van der Waals surface area contributed by atoms with Gasteiger partial charge in [0.25, 0.3) is 0 Å². The van der Waals surface area contributed by atoms with E-state index in [1.165, 1.54) is 6.08 Å². The first-order valence-electron chi connectivity index (χ1n) is 7.62. The first kappa shape index (κ1) is 16.1. The number of benzene rings is 2. The number of Topliss-reactive ketones (excluding diaryl/α,β-unsaturated/α-hetero) is 1. The lowest BCUT2D eigenvalue weighted by Gasteiger charge is -2.27. The molecule has 3 rings (SSSR count). The van der Waals surface area contributed by atoms with Crippen LogP contribution in [-0.4, -0.2) is 34.4 Å². The van der Waals surface area contributed by atoms with Gasteiger partial charge < -0.3 is 15.5 Å². The van der Waals surface area contributed by atoms with Crippen molar-refractivity contribution in [2.75, 3.05) is 6.61 Å². The van der Waals surface area contributed by atoms with Crippen LogP contribution in [0.15, 0.2) is 60.7 Å². The van der Waals surface area contributed by atoms with Crippen LogP contribution in [0.3, 0.4) is 0 Å². The number of carbonyl (C=O) groups excluding carboxylic acids is 2. The molecule has 0 saturated carbocycles. The van der Waals surface area contributed by atoms with Crippen LogP contribution in [0.1, 0.15) is 27.6 Å². The van der Waals surface area contributed by atoms with E-state index in [9.17, 15) is 19.8 Å². The van der Waals surface area contributed by atoms with Gasteiger partial charge in [-0.1, -0.05) is 54.6 Å². The molecule has 0 saturated heterocycles. The Morgan fingerprint density at radius 3 is 2.21 bits per heavy atom. The molecule has 2 aromatic carbocycles. The Morgan fingerprint density at radius 1 is 0.917 bits per heavy atom. The van der Waals surface area contributed by atoms with E-state index >= 15 is 0 Å². The van der Waals surface area contributed by atoms with Crippen LogP contribution in [0.4, 0.5) is 0 Å². The van der Waals surface area contributed by atoms with Gasteiger partial charge in [-0.05, 0) is 5.56 Å². The molecule has 2 aromatic rings. The fraction of sp³-hybridized carbons (Fsp3) is 0.158. The van der Waals surface area contributed by atoms with Crippen LogP contribution in [-0.2, 0) is 4.79 Å². The number of rotatable bonds is 5. The second kappa shape index (κ2) is 6.78. The van der Waals surface area contributed by atoms with Crippen molar-refractivity contribution >= 4 is 17.3 Å². The first-order valence-corrected chi connectivity index (χ1v) is 7.62. The number of ketones is 2. The third kappa shape index (κ3) is 2.99. The van der Waals surface area contributed by atoms with E-state index in [2.05, 4.69) is 5.32 Å². The van der Waals surface area contributed by atoms with Gasteiger partial charge in [-0.2, -0.15) is 0 Å². The van der Waals surface area contributed by atoms with Crippen molar-refractivity contribution in [2.24, 2.45) is 0 Å². The third-order valence-electron chi connectivity index (χ3n) is 4.02. The quantitative estimate of drug-likeness (QED) is 0.726. The summed E-state index contributed by atoms with van der Waals surface area (Å²) in [4.78, 5) is 23.8. The molecular weight excluding hydrogens is 306 g/mol. The van der Waals surface area contributed by atoms with Gasteiger partial charge in [0.1, 0.15) is 6.10 Å². The Kier molecular flexibility index (Phi) is 4.55. The minimum Gasteiger partial charge on any atom is -0.394 e. The molecule has 2 atom stereocenters. The monoisotopic (exact) mass is 323 g/mol. The number of hydrogen-bond acceptors (Lipinski definition) is 5. The van der Waals surface area contributed by atoms with E-state index in [1.54, 1.807) is 48.5 Å². The smallest absolute Gasteiger partial charge is 0.233 e. The Hall–Kier alpha value is -2.76. The summed E-state index contributed by atoms with van der Waals surface area (Å²) in [6, 6.07) is 15.0. The van der Waals surface area contributed by atoms with Crippen LogP contribution < -0.4 is 5.32 Å². The van der Waals surface area contributed by atoms with Crippen LogP contribution in [0.2, 0.25) is 0 Å². The maximum absolute atomic E-state index is 12.0.